The van der Waals surface area contributed by atoms with E-state index in [-0.39, 0.29) is 11.9 Å². The fourth-order valence-corrected chi connectivity index (χ4v) is 2.41. The average molecular weight is 296 g/mol. The van der Waals surface area contributed by atoms with E-state index in [1.54, 1.807) is 6.07 Å². The molecule has 1 unspecified atom stereocenters. The third-order valence-electron chi connectivity index (χ3n) is 3.26. The third kappa shape index (κ3) is 3.62. The lowest BCUT2D eigenvalue weighted by atomic mass is 10.0. The van der Waals surface area contributed by atoms with Crippen molar-refractivity contribution in [1.29, 1.82) is 0 Å². The van der Waals surface area contributed by atoms with Gasteiger partial charge in [-0.1, -0.05) is 25.4 Å². The molecule has 0 fully saturated rings. The highest BCUT2D eigenvalue weighted by Crippen LogP contribution is 2.25. The van der Waals surface area contributed by atoms with Crippen molar-refractivity contribution in [2.75, 3.05) is 6.54 Å². The first-order chi connectivity index (χ1) is 9.63. The van der Waals surface area contributed by atoms with E-state index in [2.05, 4.69) is 5.32 Å². The summed E-state index contributed by atoms with van der Waals surface area (Å²) in [6.07, 6.45) is 1.46. The van der Waals surface area contributed by atoms with Gasteiger partial charge in [0.2, 0.25) is 0 Å². The molecule has 0 saturated carbocycles. The first-order valence-electron chi connectivity index (χ1n) is 6.90. The van der Waals surface area contributed by atoms with Crippen LogP contribution in [0.4, 0.5) is 4.39 Å². The SMILES string of the molecule is CCNC(Cc1cc(F)ccc1Cl)c1ccc(CC)o1. The number of hydrogen-bond acceptors (Lipinski definition) is 2. The van der Waals surface area contributed by atoms with Crippen LogP contribution >= 0.6 is 11.6 Å². The summed E-state index contributed by atoms with van der Waals surface area (Å²) in [7, 11) is 0. The van der Waals surface area contributed by atoms with Crippen molar-refractivity contribution in [2.24, 2.45) is 0 Å². The van der Waals surface area contributed by atoms with Gasteiger partial charge in [0.25, 0.3) is 0 Å². The molecule has 108 valence electrons. The summed E-state index contributed by atoms with van der Waals surface area (Å²) in [6, 6.07) is 8.40. The van der Waals surface area contributed by atoms with Crippen LogP contribution in [0.2, 0.25) is 5.02 Å². The third-order valence-corrected chi connectivity index (χ3v) is 3.63. The molecule has 0 bridgehead atoms. The van der Waals surface area contributed by atoms with E-state index < -0.39 is 0 Å². The Morgan fingerprint density at radius 1 is 1.25 bits per heavy atom. The Morgan fingerprint density at radius 3 is 2.70 bits per heavy atom. The molecule has 1 heterocycles. The van der Waals surface area contributed by atoms with Gasteiger partial charge in [-0.05, 0) is 48.9 Å². The highest BCUT2D eigenvalue weighted by Gasteiger charge is 2.17. The molecular formula is C16H19ClFNO. The number of halogens is 2. The largest absolute Gasteiger partial charge is 0.464 e. The zero-order chi connectivity index (χ0) is 14.5. The van der Waals surface area contributed by atoms with Crippen LogP contribution in [0.25, 0.3) is 0 Å². The predicted molar refractivity (Wildman–Crippen MR) is 79.6 cm³/mol. The van der Waals surface area contributed by atoms with E-state index in [9.17, 15) is 4.39 Å². The average Bonchev–Trinajstić information content (AvgIpc) is 2.91. The number of nitrogens with one attached hydrogen (secondary N) is 1. The Kier molecular flexibility index (Phi) is 5.21. The van der Waals surface area contributed by atoms with Crippen LogP contribution in [0.5, 0.6) is 0 Å². The molecule has 20 heavy (non-hydrogen) atoms. The van der Waals surface area contributed by atoms with Crippen molar-refractivity contribution in [3.8, 4) is 0 Å². The molecule has 2 rings (SSSR count). The van der Waals surface area contributed by atoms with Crippen LogP contribution in [-0.2, 0) is 12.8 Å². The summed E-state index contributed by atoms with van der Waals surface area (Å²) in [5.41, 5.74) is 0.784. The number of hydrogen-bond donors (Lipinski definition) is 1. The second-order valence-electron chi connectivity index (χ2n) is 4.71. The van der Waals surface area contributed by atoms with Crippen molar-refractivity contribution >= 4 is 11.6 Å². The standard InChI is InChI=1S/C16H19ClFNO/c1-3-13-6-8-16(20-13)15(19-4-2)10-11-9-12(18)5-7-14(11)17/h5-9,15,19H,3-4,10H2,1-2H3. The summed E-state index contributed by atoms with van der Waals surface area (Å²) in [5.74, 6) is 1.55. The van der Waals surface area contributed by atoms with Gasteiger partial charge in [-0.3, -0.25) is 0 Å². The quantitative estimate of drug-likeness (QED) is 0.847. The summed E-state index contributed by atoms with van der Waals surface area (Å²) >= 11 is 6.14. The topological polar surface area (TPSA) is 25.2 Å². The van der Waals surface area contributed by atoms with Gasteiger partial charge in [0, 0.05) is 11.4 Å². The van der Waals surface area contributed by atoms with Crippen LogP contribution < -0.4 is 5.32 Å². The minimum Gasteiger partial charge on any atom is -0.464 e. The lowest BCUT2D eigenvalue weighted by molar-refractivity contribution is 0.396. The van der Waals surface area contributed by atoms with Crippen LogP contribution in [0, 0.1) is 5.82 Å². The van der Waals surface area contributed by atoms with Gasteiger partial charge >= 0.3 is 0 Å². The van der Waals surface area contributed by atoms with Crippen molar-refractivity contribution in [1.82, 2.24) is 5.32 Å². The maximum atomic E-state index is 13.3. The molecule has 0 amide bonds. The Balaban J connectivity index is 2.22. The zero-order valence-electron chi connectivity index (χ0n) is 11.7. The van der Waals surface area contributed by atoms with Crippen molar-refractivity contribution in [2.45, 2.75) is 32.7 Å². The molecular weight excluding hydrogens is 277 g/mol. The van der Waals surface area contributed by atoms with Gasteiger partial charge in [-0.15, -0.1) is 0 Å². The van der Waals surface area contributed by atoms with Crippen LogP contribution in [0.1, 0.15) is 37.0 Å². The van der Waals surface area contributed by atoms with Gasteiger partial charge in [0.15, 0.2) is 0 Å². The maximum absolute atomic E-state index is 13.3. The smallest absolute Gasteiger partial charge is 0.123 e. The van der Waals surface area contributed by atoms with Gasteiger partial charge < -0.3 is 9.73 Å². The molecule has 4 heteroatoms. The van der Waals surface area contributed by atoms with Crippen LogP contribution in [-0.4, -0.2) is 6.54 Å². The highest BCUT2D eigenvalue weighted by atomic mass is 35.5. The highest BCUT2D eigenvalue weighted by molar-refractivity contribution is 6.31. The van der Waals surface area contributed by atoms with Crippen molar-refractivity contribution in [3.63, 3.8) is 0 Å². The minimum atomic E-state index is -0.270. The van der Waals surface area contributed by atoms with E-state index in [4.69, 9.17) is 16.0 Å². The van der Waals surface area contributed by atoms with Gasteiger partial charge in [-0.2, -0.15) is 0 Å². The van der Waals surface area contributed by atoms with Crippen LogP contribution in [0.3, 0.4) is 0 Å². The fourth-order valence-electron chi connectivity index (χ4n) is 2.21. The molecule has 0 aliphatic rings. The Hall–Kier alpha value is -1.32. The van der Waals surface area contributed by atoms with Gasteiger partial charge in [0.05, 0.1) is 6.04 Å². The first-order valence-corrected chi connectivity index (χ1v) is 7.27. The predicted octanol–water partition coefficient (Wildman–Crippen LogP) is 4.53. The normalized spacial score (nSPS) is 12.6. The summed E-state index contributed by atoms with van der Waals surface area (Å²) in [4.78, 5) is 0. The number of likely N-dealkylation sites (N-methyl/N-ethyl adjacent to an activating group) is 1. The Morgan fingerprint density at radius 2 is 2.05 bits per heavy atom. The second-order valence-corrected chi connectivity index (χ2v) is 5.11. The molecule has 0 saturated heterocycles. The number of benzene rings is 1. The molecule has 0 spiro atoms. The Bertz CT molecular complexity index is 567. The first kappa shape index (κ1) is 15.1. The van der Waals surface area contributed by atoms with E-state index in [1.807, 2.05) is 26.0 Å². The molecule has 2 nitrogen and oxygen atoms in total. The summed E-state index contributed by atoms with van der Waals surface area (Å²) in [5, 5.41) is 3.94. The van der Waals surface area contributed by atoms with Crippen molar-refractivity contribution < 1.29 is 8.81 Å². The monoisotopic (exact) mass is 295 g/mol. The van der Waals surface area contributed by atoms with Gasteiger partial charge in [0.1, 0.15) is 17.3 Å². The number of rotatable bonds is 6. The van der Waals surface area contributed by atoms with Gasteiger partial charge in [-0.25, -0.2) is 4.39 Å². The zero-order valence-corrected chi connectivity index (χ0v) is 12.5. The molecule has 1 aromatic carbocycles. The lowest BCUT2D eigenvalue weighted by Crippen LogP contribution is -2.22. The maximum Gasteiger partial charge on any atom is 0.123 e. The van der Waals surface area contributed by atoms with E-state index in [0.717, 1.165) is 30.0 Å². The van der Waals surface area contributed by atoms with Crippen LogP contribution in [0.15, 0.2) is 34.7 Å². The second kappa shape index (κ2) is 6.91. The number of aryl methyl sites for hydroxylation is 1. The lowest BCUT2D eigenvalue weighted by Gasteiger charge is -2.16. The molecule has 1 atom stereocenters. The van der Waals surface area contributed by atoms with E-state index >= 15 is 0 Å². The molecule has 0 radical (unpaired) electrons. The number of furan rings is 1. The molecule has 2 aromatic rings. The van der Waals surface area contributed by atoms with E-state index in [1.165, 1.54) is 12.1 Å². The fraction of sp³-hybridized carbons (Fsp3) is 0.375. The minimum absolute atomic E-state index is 0.000370. The molecule has 1 N–H and O–H groups in total. The molecule has 1 aromatic heterocycles. The van der Waals surface area contributed by atoms with Crippen molar-refractivity contribution in [3.05, 3.63) is 58.3 Å². The van der Waals surface area contributed by atoms with E-state index in [0.29, 0.717) is 11.4 Å². The molecule has 0 aliphatic heterocycles. The molecule has 0 aliphatic carbocycles. The Labute approximate surface area is 123 Å². The summed E-state index contributed by atoms with van der Waals surface area (Å²) in [6.45, 7) is 4.89. The summed E-state index contributed by atoms with van der Waals surface area (Å²) < 4.78 is 19.1.